The second kappa shape index (κ2) is 10.2. The van der Waals surface area contributed by atoms with Crippen LogP contribution < -0.4 is 15.8 Å². The second-order valence-electron chi connectivity index (χ2n) is 5.32. The normalized spacial score (nSPS) is 11.3. The van der Waals surface area contributed by atoms with E-state index in [9.17, 15) is 4.79 Å². The van der Waals surface area contributed by atoms with Gasteiger partial charge < -0.3 is 15.8 Å². The molecule has 0 aliphatic heterocycles. The number of nitrogens with two attached hydrogens (primary N) is 1. The summed E-state index contributed by atoms with van der Waals surface area (Å²) in [5, 5.41) is 2.82. The Morgan fingerprint density at radius 3 is 2.21 bits per heavy atom. The van der Waals surface area contributed by atoms with E-state index in [-0.39, 0.29) is 18.3 Å². The highest BCUT2D eigenvalue weighted by Crippen LogP contribution is 2.23. The van der Waals surface area contributed by atoms with Crippen LogP contribution in [0.1, 0.15) is 12.0 Å². The van der Waals surface area contributed by atoms with E-state index in [4.69, 9.17) is 10.5 Å². The number of halogens is 1. The number of carbonyl (C=O) groups is 1. The van der Waals surface area contributed by atoms with Gasteiger partial charge in [-0.05, 0) is 61.8 Å². The topological polar surface area (TPSA) is 64.4 Å². The smallest absolute Gasteiger partial charge is 0.241 e. The molecule has 0 radical (unpaired) electrons. The number of nitrogens with one attached hydrogen (secondary N) is 1. The molecule has 0 saturated carbocycles. The average Bonchev–Trinajstić information content (AvgIpc) is 2.56. The van der Waals surface area contributed by atoms with Gasteiger partial charge in [0.2, 0.25) is 5.91 Å². The molecule has 3 N–H and O–H groups in total. The predicted octanol–water partition coefficient (Wildman–Crippen LogP) is 4.23. The van der Waals surface area contributed by atoms with Gasteiger partial charge in [0, 0.05) is 5.69 Å². The van der Waals surface area contributed by atoms with Crippen LogP contribution in [0.15, 0.2) is 48.5 Å². The lowest BCUT2D eigenvalue weighted by molar-refractivity contribution is -0.117. The minimum absolute atomic E-state index is 0. The summed E-state index contributed by atoms with van der Waals surface area (Å²) in [7, 11) is 0. The number of hydrogen-bond donors (Lipinski definition) is 2. The summed E-state index contributed by atoms with van der Waals surface area (Å²) in [5.74, 6) is 2.22. The van der Waals surface area contributed by atoms with Gasteiger partial charge in [0.05, 0.1) is 6.04 Å². The maximum absolute atomic E-state index is 11.9. The molecule has 0 spiro atoms. The minimum Gasteiger partial charge on any atom is -0.457 e. The number of aryl methyl sites for hydroxylation is 1. The van der Waals surface area contributed by atoms with Crippen LogP contribution in [0.4, 0.5) is 5.69 Å². The van der Waals surface area contributed by atoms with E-state index in [2.05, 4.69) is 5.32 Å². The van der Waals surface area contributed by atoms with Gasteiger partial charge in [-0.1, -0.05) is 17.7 Å². The van der Waals surface area contributed by atoms with Crippen LogP contribution in [0, 0.1) is 6.92 Å². The number of hydrogen-bond acceptors (Lipinski definition) is 4. The first kappa shape index (κ1) is 20.4. The highest BCUT2D eigenvalue weighted by molar-refractivity contribution is 7.98. The first-order valence-corrected chi connectivity index (χ1v) is 8.88. The fourth-order valence-electron chi connectivity index (χ4n) is 1.96. The molecule has 0 aliphatic carbocycles. The van der Waals surface area contributed by atoms with E-state index in [0.717, 1.165) is 17.3 Å². The third-order valence-corrected chi connectivity index (χ3v) is 3.99. The third-order valence-electron chi connectivity index (χ3n) is 3.35. The number of anilines is 1. The van der Waals surface area contributed by atoms with Crippen molar-refractivity contribution in [1.82, 2.24) is 0 Å². The zero-order chi connectivity index (χ0) is 16.7. The molecule has 0 aliphatic rings. The summed E-state index contributed by atoms with van der Waals surface area (Å²) < 4.78 is 5.75. The fraction of sp³-hybridized carbons (Fsp3) is 0.278. The number of amides is 1. The Morgan fingerprint density at radius 1 is 1.12 bits per heavy atom. The standard InChI is InChI=1S/C18H22N2O2S.ClH/c1-13-3-7-15(8-4-13)22-16-9-5-14(6-10-16)20-18(21)17(19)11-12-23-2;/h3-10,17H,11-12,19H2,1-2H3,(H,20,21);1H/t17-;/m0./s1. The lowest BCUT2D eigenvalue weighted by Crippen LogP contribution is -2.36. The second-order valence-corrected chi connectivity index (χ2v) is 6.30. The van der Waals surface area contributed by atoms with Crippen LogP contribution in [0.5, 0.6) is 11.5 Å². The van der Waals surface area contributed by atoms with Crippen molar-refractivity contribution in [1.29, 1.82) is 0 Å². The maximum atomic E-state index is 11.9. The van der Waals surface area contributed by atoms with Gasteiger partial charge in [0.15, 0.2) is 0 Å². The number of benzene rings is 2. The largest absolute Gasteiger partial charge is 0.457 e. The van der Waals surface area contributed by atoms with Crippen molar-refractivity contribution in [3.8, 4) is 11.5 Å². The number of thioether (sulfide) groups is 1. The minimum atomic E-state index is -0.481. The zero-order valence-electron chi connectivity index (χ0n) is 13.8. The first-order valence-electron chi connectivity index (χ1n) is 7.48. The molecular weight excluding hydrogens is 344 g/mol. The van der Waals surface area contributed by atoms with Crippen LogP contribution in [-0.2, 0) is 4.79 Å². The van der Waals surface area contributed by atoms with Crippen LogP contribution in [0.25, 0.3) is 0 Å². The van der Waals surface area contributed by atoms with E-state index in [1.807, 2.05) is 61.7 Å². The van der Waals surface area contributed by atoms with E-state index in [0.29, 0.717) is 12.1 Å². The third kappa shape index (κ3) is 6.43. The van der Waals surface area contributed by atoms with Crippen LogP contribution in [-0.4, -0.2) is 24.0 Å². The van der Waals surface area contributed by atoms with E-state index < -0.39 is 6.04 Å². The monoisotopic (exact) mass is 366 g/mol. The summed E-state index contributed by atoms with van der Waals surface area (Å²) in [6.45, 7) is 2.03. The molecule has 130 valence electrons. The lowest BCUT2D eigenvalue weighted by atomic mass is 10.2. The molecular formula is C18H23ClN2O2S. The summed E-state index contributed by atoms with van der Waals surface area (Å²) in [5.41, 5.74) is 7.75. The molecule has 2 rings (SSSR count). The molecule has 0 saturated heterocycles. The molecule has 2 aromatic carbocycles. The molecule has 6 heteroatoms. The first-order chi connectivity index (χ1) is 11.1. The number of rotatable bonds is 7. The molecule has 0 aromatic heterocycles. The van der Waals surface area contributed by atoms with Gasteiger partial charge in [-0.15, -0.1) is 12.4 Å². The summed E-state index contributed by atoms with van der Waals surface area (Å²) in [4.78, 5) is 11.9. The molecule has 0 heterocycles. The van der Waals surface area contributed by atoms with Crippen molar-refractivity contribution in [3.63, 3.8) is 0 Å². The summed E-state index contributed by atoms with van der Waals surface area (Å²) >= 11 is 1.68. The SMILES string of the molecule is CSCC[C@H](N)C(=O)Nc1ccc(Oc2ccc(C)cc2)cc1.Cl. The average molecular weight is 367 g/mol. The highest BCUT2D eigenvalue weighted by Gasteiger charge is 2.12. The van der Waals surface area contributed by atoms with E-state index in [1.54, 1.807) is 11.8 Å². The van der Waals surface area contributed by atoms with E-state index in [1.165, 1.54) is 5.56 Å². The molecule has 1 atom stereocenters. The molecule has 0 fully saturated rings. The Labute approximate surface area is 153 Å². The molecule has 24 heavy (non-hydrogen) atoms. The number of carbonyl (C=O) groups excluding carboxylic acids is 1. The summed E-state index contributed by atoms with van der Waals surface area (Å²) in [6, 6.07) is 14.6. The number of ether oxygens (including phenoxy) is 1. The quantitative estimate of drug-likeness (QED) is 0.769. The maximum Gasteiger partial charge on any atom is 0.241 e. The zero-order valence-corrected chi connectivity index (χ0v) is 15.5. The van der Waals surface area contributed by atoms with Crippen molar-refractivity contribution >= 4 is 35.8 Å². The van der Waals surface area contributed by atoms with Gasteiger partial charge in [0.1, 0.15) is 11.5 Å². The van der Waals surface area contributed by atoms with Crippen molar-refractivity contribution < 1.29 is 9.53 Å². The van der Waals surface area contributed by atoms with Crippen LogP contribution >= 0.6 is 24.2 Å². The van der Waals surface area contributed by atoms with Crippen LogP contribution in [0.2, 0.25) is 0 Å². The van der Waals surface area contributed by atoms with Gasteiger partial charge in [0.25, 0.3) is 0 Å². The van der Waals surface area contributed by atoms with Crippen molar-refractivity contribution in [3.05, 3.63) is 54.1 Å². The summed E-state index contributed by atoms with van der Waals surface area (Å²) in [6.07, 6.45) is 2.67. The highest BCUT2D eigenvalue weighted by atomic mass is 35.5. The van der Waals surface area contributed by atoms with E-state index >= 15 is 0 Å². The van der Waals surface area contributed by atoms with Crippen LogP contribution in [0.3, 0.4) is 0 Å². The Morgan fingerprint density at radius 2 is 1.67 bits per heavy atom. The van der Waals surface area contributed by atoms with Crippen molar-refractivity contribution in [2.75, 3.05) is 17.3 Å². The predicted molar refractivity (Wildman–Crippen MR) is 105 cm³/mol. The fourth-order valence-corrected chi connectivity index (χ4v) is 2.45. The Kier molecular flexibility index (Phi) is 8.68. The Balaban J connectivity index is 0.00000288. The van der Waals surface area contributed by atoms with Crippen molar-refractivity contribution in [2.24, 2.45) is 5.73 Å². The van der Waals surface area contributed by atoms with Gasteiger partial charge in [-0.2, -0.15) is 11.8 Å². The van der Waals surface area contributed by atoms with Gasteiger partial charge in [-0.25, -0.2) is 0 Å². The molecule has 1 amide bonds. The van der Waals surface area contributed by atoms with Crippen molar-refractivity contribution in [2.45, 2.75) is 19.4 Å². The Bertz CT molecular complexity index is 632. The lowest BCUT2D eigenvalue weighted by Gasteiger charge is -2.12. The van der Waals surface area contributed by atoms with Gasteiger partial charge in [-0.3, -0.25) is 4.79 Å². The Hall–Kier alpha value is -1.69. The van der Waals surface area contributed by atoms with Gasteiger partial charge >= 0.3 is 0 Å². The molecule has 4 nitrogen and oxygen atoms in total. The molecule has 0 unspecified atom stereocenters. The molecule has 2 aromatic rings. The molecule has 0 bridgehead atoms.